The number of rotatable bonds is 4. The molecule has 1 heterocycles. The third-order valence-corrected chi connectivity index (χ3v) is 4.58. The minimum Gasteiger partial charge on any atom is -0.452 e. The third kappa shape index (κ3) is 3.40. The Morgan fingerprint density at radius 3 is 2.63 bits per heavy atom. The number of para-hydroxylation sites is 1. The molecule has 134 valence electrons. The fraction of sp³-hybridized carbons (Fsp3) is 0.0909. The minimum absolute atomic E-state index is 0.592. The van der Waals surface area contributed by atoms with Crippen LogP contribution in [-0.2, 0) is 11.3 Å². The number of nitrogens with zero attached hydrogens (tertiary/aromatic N) is 2. The summed E-state index contributed by atoms with van der Waals surface area (Å²) < 4.78 is 6.74. The summed E-state index contributed by atoms with van der Waals surface area (Å²) >= 11 is 0. The van der Waals surface area contributed by atoms with Crippen LogP contribution in [0.1, 0.15) is 11.1 Å². The molecule has 4 rings (SSSR count). The first-order valence-electron chi connectivity index (χ1n) is 8.68. The number of amides is 1. The fourth-order valence-corrected chi connectivity index (χ4v) is 3.32. The Balaban J connectivity index is 1.73. The number of carbonyl (C=O) groups is 1. The standard InChI is InChI=1S/C22H19N3O2/c1-27-22(26)24-23-13-18-15-25(21-12-5-4-11-20(18)21)14-17-9-6-8-16-7-2-3-10-19(16)17/h2-13,15H,14H2,1H3,(H,24,26)/b23-13-. The molecule has 1 aromatic heterocycles. The zero-order valence-electron chi connectivity index (χ0n) is 14.9. The van der Waals surface area contributed by atoms with E-state index in [1.54, 1.807) is 6.21 Å². The van der Waals surface area contributed by atoms with Gasteiger partial charge in [0.05, 0.1) is 13.3 Å². The first-order valence-corrected chi connectivity index (χ1v) is 8.68. The van der Waals surface area contributed by atoms with Crippen molar-refractivity contribution >= 4 is 34.0 Å². The van der Waals surface area contributed by atoms with Gasteiger partial charge in [-0.3, -0.25) is 0 Å². The highest BCUT2D eigenvalue weighted by Gasteiger charge is 2.09. The maximum Gasteiger partial charge on any atom is 0.427 e. The number of carbonyl (C=O) groups excluding carboxylic acids is 1. The number of methoxy groups -OCH3 is 1. The Kier molecular flexibility index (Phi) is 4.58. The van der Waals surface area contributed by atoms with Gasteiger partial charge in [-0.05, 0) is 22.4 Å². The first kappa shape index (κ1) is 16.8. The summed E-state index contributed by atoms with van der Waals surface area (Å²) in [5.74, 6) is 0. The zero-order chi connectivity index (χ0) is 18.6. The van der Waals surface area contributed by atoms with Gasteiger partial charge in [0.25, 0.3) is 0 Å². The second-order valence-electron chi connectivity index (χ2n) is 6.23. The highest BCUT2D eigenvalue weighted by Crippen LogP contribution is 2.24. The van der Waals surface area contributed by atoms with Gasteiger partial charge in [0.1, 0.15) is 0 Å². The first-order chi connectivity index (χ1) is 13.3. The summed E-state index contributed by atoms with van der Waals surface area (Å²) in [5.41, 5.74) is 5.63. The molecule has 0 radical (unpaired) electrons. The van der Waals surface area contributed by atoms with E-state index >= 15 is 0 Å². The summed E-state index contributed by atoms with van der Waals surface area (Å²) in [6.45, 7) is 0.750. The summed E-state index contributed by atoms with van der Waals surface area (Å²) in [4.78, 5) is 11.2. The summed E-state index contributed by atoms with van der Waals surface area (Å²) in [7, 11) is 1.31. The van der Waals surface area contributed by atoms with Gasteiger partial charge in [0.15, 0.2) is 0 Å². The third-order valence-electron chi connectivity index (χ3n) is 4.58. The monoisotopic (exact) mass is 357 g/mol. The van der Waals surface area contributed by atoms with Crippen molar-refractivity contribution in [2.75, 3.05) is 7.11 Å². The Morgan fingerprint density at radius 2 is 1.78 bits per heavy atom. The lowest BCUT2D eigenvalue weighted by Gasteiger charge is -2.09. The fourth-order valence-electron chi connectivity index (χ4n) is 3.32. The Bertz CT molecular complexity index is 1140. The van der Waals surface area contributed by atoms with E-state index in [4.69, 9.17) is 0 Å². The summed E-state index contributed by atoms with van der Waals surface area (Å²) in [6, 6.07) is 22.9. The van der Waals surface area contributed by atoms with Crippen LogP contribution in [-0.4, -0.2) is 24.0 Å². The van der Waals surface area contributed by atoms with E-state index in [1.165, 1.54) is 23.4 Å². The molecule has 27 heavy (non-hydrogen) atoms. The van der Waals surface area contributed by atoms with Crippen LogP contribution in [0.25, 0.3) is 21.7 Å². The van der Waals surface area contributed by atoms with Gasteiger partial charge in [0.2, 0.25) is 0 Å². The average Bonchev–Trinajstić information content (AvgIpc) is 3.06. The quantitative estimate of drug-likeness (QED) is 0.431. The molecule has 4 aromatic rings. The lowest BCUT2D eigenvalue weighted by atomic mass is 10.0. The molecule has 0 saturated heterocycles. The van der Waals surface area contributed by atoms with Crippen molar-refractivity contribution in [2.24, 2.45) is 5.10 Å². The number of hydrogen-bond donors (Lipinski definition) is 1. The van der Waals surface area contributed by atoms with Crippen LogP contribution in [0.4, 0.5) is 4.79 Å². The van der Waals surface area contributed by atoms with E-state index < -0.39 is 6.09 Å². The molecule has 5 nitrogen and oxygen atoms in total. The Hall–Kier alpha value is -3.60. The van der Waals surface area contributed by atoms with Crippen LogP contribution in [0.15, 0.2) is 78.0 Å². The highest BCUT2D eigenvalue weighted by atomic mass is 16.5. The molecule has 5 heteroatoms. The molecule has 0 atom stereocenters. The van der Waals surface area contributed by atoms with Gasteiger partial charge in [-0.25, -0.2) is 10.2 Å². The average molecular weight is 357 g/mol. The lowest BCUT2D eigenvalue weighted by Crippen LogP contribution is -2.16. The van der Waals surface area contributed by atoms with Crippen molar-refractivity contribution in [2.45, 2.75) is 6.54 Å². The van der Waals surface area contributed by atoms with Gasteiger partial charge in [-0.1, -0.05) is 60.7 Å². The maximum atomic E-state index is 11.2. The van der Waals surface area contributed by atoms with E-state index in [9.17, 15) is 4.79 Å². The molecular weight excluding hydrogens is 338 g/mol. The predicted octanol–water partition coefficient (Wildman–Crippen LogP) is 4.53. The number of fused-ring (bicyclic) bond motifs is 2. The molecule has 1 N–H and O–H groups in total. The molecule has 3 aromatic carbocycles. The van der Waals surface area contributed by atoms with Crippen LogP contribution in [0.5, 0.6) is 0 Å². The predicted molar refractivity (Wildman–Crippen MR) is 108 cm³/mol. The largest absolute Gasteiger partial charge is 0.452 e. The topological polar surface area (TPSA) is 55.6 Å². The number of ether oxygens (including phenoxy) is 1. The van der Waals surface area contributed by atoms with Crippen molar-refractivity contribution in [1.29, 1.82) is 0 Å². The number of nitrogens with one attached hydrogen (secondary N) is 1. The molecule has 0 spiro atoms. The Morgan fingerprint density at radius 1 is 1.04 bits per heavy atom. The van der Waals surface area contributed by atoms with E-state index in [-0.39, 0.29) is 0 Å². The number of benzene rings is 3. The SMILES string of the molecule is COC(=O)N/N=C\c1cn(Cc2cccc3ccccc23)c2ccccc12. The molecule has 0 unspecified atom stereocenters. The molecule has 0 saturated carbocycles. The van der Waals surface area contributed by atoms with Crippen LogP contribution in [0.3, 0.4) is 0 Å². The number of hydrogen-bond acceptors (Lipinski definition) is 3. The van der Waals surface area contributed by atoms with E-state index in [1.807, 2.05) is 12.1 Å². The summed E-state index contributed by atoms with van der Waals surface area (Å²) in [6.07, 6.45) is 3.10. The lowest BCUT2D eigenvalue weighted by molar-refractivity contribution is 0.171. The van der Waals surface area contributed by atoms with Crippen molar-refractivity contribution < 1.29 is 9.53 Å². The molecule has 1 amide bonds. The van der Waals surface area contributed by atoms with Crippen molar-refractivity contribution in [3.63, 3.8) is 0 Å². The van der Waals surface area contributed by atoms with E-state index in [0.717, 1.165) is 23.0 Å². The normalized spacial score (nSPS) is 11.3. The molecule has 0 aliphatic carbocycles. The van der Waals surface area contributed by atoms with Gasteiger partial charge in [-0.15, -0.1) is 0 Å². The minimum atomic E-state index is -0.592. The number of hydrazone groups is 1. The van der Waals surface area contributed by atoms with E-state index in [0.29, 0.717) is 0 Å². The summed E-state index contributed by atoms with van der Waals surface area (Å²) in [5, 5.41) is 7.53. The van der Waals surface area contributed by atoms with Gasteiger partial charge >= 0.3 is 6.09 Å². The highest BCUT2D eigenvalue weighted by molar-refractivity contribution is 5.99. The smallest absolute Gasteiger partial charge is 0.427 e. The molecule has 0 aliphatic heterocycles. The van der Waals surface area contributed by atoms with Crippen molar-refractivity contribution in [3.05, 3.63) is 84.1 Å². The molecule has 0 aliphatic rings. The maximum absolute atomic E-state index is 11.2. The second-order valence-corrected chi connectivity index (χ2v) is 6.23. The van der Waals surface area contributed by atoms with Crippen LogP contribution < -0.4 is 5.43 Å². The van der Waals surface area contributed by atoms with Crippen LogP contribution in [0, 0.1) is 0 Å². The van der Waals surface area contributed by atoms with Gasteiger partial charge in [-0.2, -0.15) is 5.10 Å². The van der Waals surface area contributed by atoms with Gasteiger partial charge in [0, 0.05) is 29.2 Å². The zero-order valence-corrected chi connectivity index (χ0v) is 14.9. The molecular formula is C22H19N3O2. The van der Waals surface area contributed by atoms with Gasteiger partial charge < -0.3 is 9.30 Å². The number of aromatic nitrogens is 1. The van der Waals surface area contributed by atoms with E-state index in [2.05, 4.69) is 80.6 Å². The van der Waals surface area contributed by atoms with Crippen molar-refractivity contribution in [3.8, 4) is 0 Å². The van der Waals surface area contributed by atoms with Crippen LogP contribution >= 0.6 is 0 Å². The molecule has 0 bridgehead atoms. The van der Waals surface area contributed by atoms with Crippen molar-refractivity contribution in [1.82, 2.24) is 9.99 Å². The van der Waals surface area contributed by atoms with Crippen LogP contribution in [0.2, 0.25) is 0 Å². The molecule has 0 fully saturated rings. The second kappa shape index (κ2) is 7.33. The Labute approximate surface area is 156 Å².